The molecule has 8 heteroatoms. The van der Waals surface area contributed by atoms with Crippen molar-refractivity contribution in [2.75, 3.05) is 47.8 Å². The van der Waals surface area contributed by atoms with Crippen LogP contribution in [0.4, 0.5) is 0 Å². The summed E-state index contributed by atoms with van der Waals surface area (Å²) in [5.74, 6) is 0. The van der Waals surface area contributed by atoms with Crippen LogP contribution in [0.25, 0.3) is 0 Å². The molecule has 0 aliphatic heterocycles. The van der Waals surface area contributed by atoms with E-state index in [4.69, 9.17) is 27.5 Å². The molecule has 0 fully saturated rings. The number of hydrogen-bond acceptors (Lipinski definition) is 7. The molecule has 0 saturated carbocycles. The molecule has 26 heavy (non-hydrogen) atoms. The minimum Gasteiger partial charge on any atom is -0.394 e. The molecule has 0 aromatic rings. The van der Waals surface area contributed by atoms with Gasteiger partial charge in [-0.1, -0.05) is 0 Å². The fourth-order valence-corrected chi connectivity index (χ4v) is 4.09. The van der Waals surface area contributed by atoms with Gasteiger partial charge in [-0.15, -0.1) is 0 Å². The van der Waals surface area contributed by atoms with Gasteiger partial charge in [0.1, 0.15) is 6.10 Å². The second-order valence-electron chi connectivity index (χ2n) is 7.87. The fourth-order valence-electron chi connectivity index (χ4n) is 2.40. The van der Waals surface area contributed by atoms with Gasteiger partial charge in [0.05, 0.1) is 24.4 Å². The number of aliphatic hydroxyl groups is 1. The summed E-state index contributed by atoms with van der Waals surface area (Å²) in [6, 6.07) is 0.677. The predicted molar refractivity (Wildman–Crippen MR) is 103 cm³/mol. The smallest absolute Gasteiger partial charge is 0.394 e. The summed E-state index contributed by atoms with van der Waals surface area (Å²) in [7, 11) is 2.25. The monoisotopic (exact) mass is 396 g/mol. The first-order valence-electron chi connectivity index (χ1n) is 9.19. The minimum absolute atomic E-state index is 0.0868. The van der Waals surface area contributed by atoms with Crippen molar-refractivity contribution >= 4 is 8.80 Å². The van der Waals surface area contributed by atoms with E-state index < -0.39 is 14.4 Å². The van der Waals surface area contributed by atoms with E-state index in [-0.39, 0.29) is 18.3 Å². The van der Waals surface area contributed by atoms with Crippen molar-refractivity contribution in [2.24, 2.45) is 0 Å². The minimum atomic E-state index is -2.55. The van der Waals surface area contributed by atoms with Gasteiger partial charge in [-0.2, -0.15) is 0 Å². The first kappa shape index (κ1) is 25.9. The molecule has 0 radical (unpaired) electrons. The molecule has 158 valence electrons. The van der Waals surface area contributed by atoms with Crippen LogP contribution in [0, 0.1) is 0 Å². The van der Waals surface area contributed by atoms with E-state index in [0.717, 1.165) is 12.8 Å². The Bertz CT molecular complexity index is 346. The van der Waals surface area contributed by atoms with Crippen molar-refractivity contribution in [2.45, 2.75) is 70.8 Å². The highest BCUT2D eigenvalue weighted by Crippen LogP contribution is 2.20. The van der Waals surface area contributed by atoms with Crippen molar-refractivity contribution in [3.05, 3.63) is 0 Å². The zero-order chi connectivity index (χ0) is 20.3. The second kappa shape index (κ2) is 12.4. The van der Waals surface area contributed by atoms with E-state index in [1.165, 1.54) is 0 Å². The Hall–Kier alpha value is -0.0631. The molecule has 0 aromatic heterocycles. The molecule has 1 atom stereocenters. The lowest BCUT2D eigenvalue weighted by molar-refractivity contribution is -0.132. The number of rotatable bonds is 15. The van der Waals surface area contributed by atoms with Crippen LogP contribution in [-0.4, -0.2) is 79.0 Å². The second-order valence-corrected chi connectivity index (χ2v) is 11.0. The molecule has 0 aliphatic carbocycles. The molecule has 0 saturated heterocycles. The highest BCUT2D eigenvalue weighted by Gasteiger charge is 2.36. The van der Waals surface area contributed by atoms with E-state index >= 15 is 0 Å². The molecule has 0 rings (SSSR count). The Balaban J connectivity index is 4.14. The summed E-state index contributed by atoms with van der Waals surface area (Å²) in [5.41, 5.74) is -0.563. The molecule has 0 spiro atoms. The first-order valence-corrected chi connectivity index (χ1v) is 11.1. The third kappa shape index (κ3) is 11.6. The van der Waals surface area contributed by atoms with Gasteiger partial charge < -0.3 is 32.6 Å². The van der Waals surface area contributed by atoms with E-state index in [9.17, 15) is 5.11 Å². The molecule has 1 unspecified atom stereocenters. The van der Waals surface area contributed by atoms with Crippen molar-refractivity contribution in [3.8, 4) is 0 Å². The summed E-state index contributed by atoms with van der Waals surface area (Å²) < 4.78 is 33.5. The number of hydrogen-bond donors (Lipinski definition) is 1. The fraction of sp³-hybridized carbons (Fsp3) is 1.00. The molecule has 0 aliphatic rings. The molecule has 0 heterocycles. The molecule has 1 N–H and O–H groups in total. The maximum absolute atomic E-state index is 9.55. The molecular weight excluding hydrogens is 356 g/mol. The molecule has 7 nitrogen and oxygen atoms in total. The summed E-state index contributed by atoms with van der Waals surface area (Å²) in [6.45, 7) is 11.5. The Morgan fingerprint density at radius 3 is 1.96 bits per heavy atom. The van der Waals surface area contributed by atoms with Crippen LogP contribution in [0.1, 0.15) is 47.5 Å². The van der Waals surface area contributed by atoms with Gasteiger partial charge in [-0.3, -0.25) is 0 Å². The lowest BCUT2D eigenvalue weighted by Gasteiger charge is -2.31. The van der Waals surface area contributed by atoms with Gasteiger partial charge >= 0.3 is 8.80 Å². The van der Waals surface area contributed by atoms with Crippen LogP contribution in [0.5, 0.6) is 0 Å². The Kier molecular flexibility index (Phi) is 12.4. The Labute approximate surface area is 160 Å². The van der Waals surface area contributed by atoms with Crippen LogP contribution >= 0.6 is 0 Å². The number of ether oxygens (including phenoxy) is 3. The van der Waals surface area contributed by atoms with Crippen LogP contribution in [-0.2, 0) is 27.5 Å². The highest BCUT2D eigenvalue weighted by molar-refractivity contribution is 6.60. The van der Waals surface area contributed by atoms with Gasteiger partial charge in [-0.05, 0) is 47.5 Å². The van der Waals surface area contributed by atoms with Gasteiger partial charge in [0.15, 0.2) is 0 Å². The highest BCUT2D eigenvalue weighted by atomic mass is 28.4. The lowest BCUT2D eigenvalue weighted by atomic mass is 10.1. The maximum Gasteiger partial charge on any atom is 0.500 e. The lowest BCUT2D eigenvalue weighted by Crippen LogP contribution is -2.42. The quantitative estimate of drug-likeness (QED) is 0.337. The third-order valence-electron chi connectivity index (χ3n) is 3.94. The standard InChI is InChI=1S/C18H40O7Si/c1-17(2,3)24-12-10-18(4,5)25-16(14-19)15-23-11-9-13-26(20-6,21-7)22-8/h16,19H,9-15H2,1-8H3. The normalized spacial score (nSPS) is 14.7. The SMILES string of the molecule is CO[Si](CCCOCC(CO)OC(C)(C)CCOC(C)(C)C)(OC)OC. The number of aliphatic hydroxyl groups excluding tert-OH is 1. The van der Waals surface area contributed by atoms with E-state index in [0.29, 0.717) is 25.9 Å². The zero-order valence-electron chi connectivity index (χ0n) is 17.9. The van der Waals surface area contributed by atoms with Crippen molar-refractivity contribution in [1.29, 1.82) is 0 Å². The molecule has 0 aromatic carbocycles. The van der Waals surface area contributed by atoms with Crippen LogP contribution < -0.4 is 0 Å². The zero-order valence-corrected chi connectivity index (χ0v) is 18.9. The summed E-state index contributed by atoms with van der Waals surface area (Å²) >= 11 is 0. The van der Waals surface area contributed by atoms with Gasteiger partial charge in [0.2, 0.25) is 0 Å². The first-order chi connectivity index (χ1) is 12.0. The van der Waals surface area contributed by atoms with Gasteiger partial charge in [0.25, 0.3) is 0 Å². The summed E-state index contributed by atoms with van der Waals surface area (Å²) in [6.07, 6.45) is 1.13. The maximum atomic E-state index is 9.55. The van der Waals surface area contributed by atoms with Crippen LogP contribution in [0.3, 0.4) is 0 Å². The van der Waals surface area contributed by atoms with Gasteiger partial charge in [-0.25, -0.2) is 0 Å². The summed E-state index contributed by atoms with van der Waals surface area (Å²) in [5, 5.41) is 9.55. The topological polar surface area (TPSA) is 75.6 Å². The van der Waals surface area contributed by atoms with Crippen molar-refractivity contribution < 1.29 is 32.6 Å². The average Bonchev–Trinajstić information content (AvgIpc) is 2.56. The average molecular weight is 397 g/mol. The Morgan fingerprint density at radius 1 is 0.923 bits per heavy atom. The third-order valence-corrected chi connectivity index (χ3v) is 6.77. The van der Waals surface area contributed by atoms with Crippen molar-refractivity contribution in [1.82, 2.24) is 0 Å². The van der Waals surface area contributed by atoms with E-state index in [1.54, 1.807) is 21.3 Å². The molecule has 0 amide bonds. The van der Waals surface area contributed by atoms with Crippen LogP contribution in [0.2, 0.25) is 6.04 Å². The van der Waals surface area contributed by atoms with Gasteiger partial charge in [0, 0.05) is 40.6 Å². The Morgan fingerprint density at radius 2 is 1.50 bits per heavy atom. The van der Waals surface area contributed by atoms with E-state index in [2.05, 4.69) is 0 Å². The van der Waals surface area contributed by atoms with E-state index in [1.807, 2.05) is 34.6 Å². The largest absolute Gasteiger partial charge is 0.500 e. The molecular formula is C18H40O7Si. The van der Waals surface area contributed by atoms with Crippen LogP contribution in [0.15, 0.2) is 0 Å². The molecule has 0 bridgehead atoms. The van der Waals surface area contributed by atoms with Crippen molar-refractivity contribution in [3.63, 3.8) is 0 Å². The summed E-state index contributed by atoms with van der Waals surface area (Å²) in [4.78, 5) is 0. The predicted octanol–water partition coefficient (Wildman–Crippen LogP) is 2.63.